The fraction of sp³-hybridized carbons (Fsp3) is 0.333. The summed E-state index contributed by atoms with van der Waals surface area (Å²) in [4.78, 5) is 4.33. The molecule has 0 saturated heterocycles. The van der Waals surface area contributed by atoms with Crippen molar-refractivity contribution >= 4 is 5.52 Å². The molecule has 0 radical (unpaired) electrons. The Morgan fingerprint density at radius 3 is 2.68 bits per heavy atom. The van der Waals surface area contributed by atoms with Crippen molar-refractivity contribution in [1.82, 2.24) is 14.6 Å². The number of fused-ring (bicyclic) bond motifs is 1. The molecule has 0 fully saturated rings. The Morgan fingerprint density at radius 1 is 1.18 bits per heavy atom. The van der Waals surface area contributed by atoms with Crippen molar-refractivity contribution in [3.8, 4) is 11.1 Å². The van der Waals surface area contributed by atoms with Crippen LogP contribution in [0.4, 0.5) is 0 Å². The highest BCUT2D eigenvalue weighted by Crippen LogP contribution is 2.31. The van der Waals surface area contributed by atoms with Gasteiger partial charge in [0.25, 0.3) is 0 Å². The SMILES string of the molecule is CCc1ccc2c(-c3cncc(C)c3)c(CCO)c(C)nn12. The number of hydrogen-bond acceptors (Lipinski definition) is 3. The molecule has 3 heterocycles. The Morgan fingerprint density at radius 2 is 2.00 bits per heavy atom. The third-order valence-corrected chi connectivity index (χ3v) is 4.07. The quantitative estimate of drug-likeness (QED) is 0.804. The van der Waals surface area contributed by atoms with E-state index in [4.69, 9.17) is 5.10 Å². The zero-order valence-electron chi connectivity index (χ0n) is 13.3. The highest BCUT2D eigenvalue weighted by atomic mass is 16.2. The topological polar surface area (TPSA) is 50.4 Å². The van der Waals surface area contributed by atoms with Crippen LogP contribution in [-0.4, -0.2) is 26.3 Å². The molecule has 0 spiro atoms. The molecule has 0 amide bonds. The van der Waals surface area contributed by atoms with Gasteiger partial charge in [-0.25, -0.2) is 4.52 Å². The summed E-state index contributed by atoms with van der Waals surface area (Å²) in [5, 5.41) is 14.2. The second kappa shape index (κ2) is 5.89. The monoisotopic (exact) mass is 295 g/mol. The van der Waals surface area contributed by atoms with Crippen molar-refractivity contribution in [2.24, 2.45) is 0 Å². The van der Waals surface area contributed by atoms with Crippen molar-refractivity contribution in [3.05, 3.63) is 53.1 Å². The molecule has 1 N–H and O–H groups in total. The molecule has 3 aromatic rings. The molecule has 3 rings (SSSR count). The fourth-order valence-corrected chi connectivity index (χ4v) is 3.02. The number of aliphatic hydroxyl groups is 1. The second-order valence-electron chi connectivity index (χ2n) is 5.64. The second-order valence-corrected chi connectivity index (χ2v) is 5.64. The van der Waals surface area contributed by atoms with E-state index in [1.54, 1.807) is 0 Å². The van der Waals surface area contributed by atoms with Gasteiger partial charge in [0.2, 0.25) is 0 Å². The molecule has 114 valence electrons. The zero-order valence-corrected chi connectivity index (χ0v) is 13.3. The predicted octanol–water partition coefficient (Wildman–Crippen LogP) is 3.11. The first-order chi connectivity index (χ1) is 10.7. The van der Waals surface area contributed by atoms with Crippen LogP contribution in [-0.2, 0) is 12.8 Å². The molecule has 3 aromatic heterocycles. The van der Waals surface area contributed by atoms with Crippen LogP contribution in [0.15, 0.2) is 30.6 Å². The predicted molar refractivity (Wildman–Crippen MR) is 88.1 cm³/mol. The minimum atomic E-state index is 0.117. The molecule has 0 aliphatic heterocycles. The van der Waals surface area contributed by atoms with Gasteiger partial charge in [0.05, 0.1) is 11.2 Å². The number of hydrogen-bond donors (Lipinski definition) is 1. The average Bonchev–Trinajstić information content (AvgIpc) is 2.90. The van der Waals surface area contributed by atoms with E-state index >= 15 is 0 Å². The smallest absolute Gasteiger partial charge is 0.0731 e. The van der Waals surface area contributed by atoms with Gasteiger partial charge in [0.1, 0.15) is 0 Å². The lowest BCUT2D eigenvalue weighted by atomic mass is 9.97. The average molecular weight is 295 g/mol. The molecule has 0 aromatic carbocycles. The highest BCUT2D eigenvalue weighted by molar-refractivity contribution is 5.83. The summed E-state index contributed by atoms with van der Waals surface area (Å²) < 4.78 is 2.02. The Balaban J connectivity index is 2.37. The summed E-state index contributed by atoms with van der Waals surface area (Å²) in [6.07, 6.45) is 5.29. The molecule has 22 heavy (non-hydrogen) atoms. The highest BCUT2D eigenvalue weighted by Gasteiger charge is 2.16. The van der Waals surface area contributed by atoms with E-state index in [1.165, 1.54) is 5.69 Å². The Hall–Kier alpha value is -2.20. The molecule has 0 unspecified atom stereocenters. The van der Waals surface area contributed by atoms with E-state index in [0.29, 0.717) is 6.42 Å². The lowest BCUT2D eigenvalue weighted by Crippen LogP contribution is -2.07. The Bertz CT molecular complexity index is 821. The van der Waals surface area contributed by atoms with E-state index in [0.717, 1.165) is 39.9 Å². The third-order valence-electron chi connectivity index (χ3n) is 4.07. The minimum absolute atomic E-state index is 0.117. The standard InChI is InChI=1S/C18H21N3O/c1-4-15-5-6-17-18(14-9-12(2)10-19-11-14)16(7-8-22)13(3)20-21(15)17/h5-6,9-11,22H,4,7-8H2,1-3H3. The van der Waals surface area contributed by atoms with Gasteiger partial charge in [-0.05, 0) is 56.0 Å². The minimum Gasteiger partial charge on any atom is -0.396 e. The van der Waals surface area contributed by atoms with Gasteiger partial charge in [0, 0.05) is 35.8 Å². The zero-order chi connectivity index (χ0) is 15.7. The lowest BCUT2D eigenvalue weighted by molar-refractivity contribution is 0.299. The van der Waals surface area contributed by atoms with Crippen LogP contribution in [0.1, 0.15) is 29.4 Å². The van der Waals surface area contributed by atoms with Gasteiger partial charge in [-0.1, -0.05) is 6.92 Å². The van der Waals surface area contributed by atoms with Gasteiger partial charge < -0.3 is 5.11 Å². The largest absolute Gasteiger partial charge is 0.396 e. The normalized spacial score (nSPS) is 11.3. The van der Waals surface area contributed by atoms with Crippen molar-refractivity contribution in [3.63, 3.8) is 0 Å². The van der Waals surface area contributed by atoms with Crippen LogP contribution < -0.4 is 0 Å². The number of nitrogens with zero attached hydrogens (tertiary/aromatic N) is 3. The van der Waals surface area contributed by atoms with Crippen molar-refractivity contribution < 1.29 is 5.11 Å². The fourth-order valence-electron chi connectivity index (χ4n) is 3.02. The van der Waals surface area contributed by atoms with Crippen LogP contribution in [0.3, 0.4) is 0 Å². The number of aliphatic hydroxyl groups excluding tert-OH is 1. The molecular formula is C18H21N3O. The van der Waals surface area contributed by atoms with Crippen LogP contribution in [0, 0.1) is 13.8 Å². The molecule has 0 saturated carbocycles. The summed E-state index contributed by atoms with van der Waals surface area (Å²) in [7, 11) is 0. The molecule has 4 heteroatoms. The van der Waals surface area contributed by atoms with E-state index in [1.807, 2.05) is 30.8 Å². The number of rotatable bonds is 4. The maximum absolute atomic E-state index is 9.44. The van der Waals surface area contributed by atoms with E-state index in [2.05, 4.69) is 30.1 Å². The summed E-state index contributed by atoms with van der Waals surface area (Å²) >= 11 is 0. The lowest BCUT2D eigenvalue weighted by Gasteiger charge is -2.15. The first-order valence-corrected chi connectivity index (χ1v) is 7.68. The number of aryl methyl sites for hydroxylation is 3. The molecule has 0 aliphatic carbocycles. The summed E-state index contributed by atoms with van der Waals surface area (Å²) in [6.45, 7) is 6.31. The van der Waals surface area contributed by atoms with Crippen LogP contribution in [0.2, 0.25) is 0 Å². The number of aromatic nitrogens is 3. The van der Waals surface area contributed by atoms with Crippen LogP contribution in [0.25, 0.3) is 16.6 Å². The van der Waals surface area contributed by atoms with Gasteiger partial charge in [0.15, 0.2) is 0 Å². The molecule has 0 atom stereocenters. The van der Waals surface area contributed by atoms with Gasteiger partial charge >= 0.3 is 0 Å². The molecule has 0 bridgehead atoms. The first-order valence-electron chi connectivity index (χ1n) is 7.68. The summed E-state index contributed by atoms with van der Waals surface area (Å²) in [5.74, 6) is 0. The van der Waals surface area contributed by atoms with Crippen LogP contribution in [0.5, 0.6) is 0 Å². The Labute approximate surface area is 130 Å². The summed E-state index contributed by atoms with van der Waals surface area (Å²) in [6, 6.07) is 6.38. The number of pyridine rings is 1. The summed E-state index contributed by atoms with van der Waals surface area (Å²) in [5.41, 5.74) is 7.68. The Kier molecular flexibility index (Phi) is 3.94. The third kappa shape index (κ3) is 2.40. The van der Waals surface area contributed by atoms with Crippen molar-refractivity contribution in [2.45, 2.75) is 33.6 Å². The van der Waals surface area contributed by atoms with Crippen LogP contribution >= 0.6 is 0 Å². The van der Waals surface area contributed by atoms with Crippen molar-refractivity contribution in [1.29, 1.82) is 0 Å². The van der Waals surface area contributed by atoms with Gasteiger partial charge in [-0.15, -0.1) is 0 Å². The maximum Gasteiger partial charge on any atom is 0.0731 e. The molecule has 0 aliphatic rings. The molecular weight excluding hydrogens is 274 g/mol. The van der Waals surface area contributed by atoms with E-state index in [-0.39, 0.29) is 6.61 Å². The molecule has 4 nitrogen and oxygen atoms in total. The maximum atomic E-state index is 9.44. The van der Waals surface area contributed by atoms with E-state index in [9.17, 15) is 5.11 Å². The van der Waals surface area contributed by atoms with E-state index < -0.39 is 0 Å². The first kappa shape index (κ1) is 14.7. The van der Waals surface area contributed by atoms with Gasteiger partial charge in [-0.2, -0.15) is 5.10 Å². The van der Waals surface area contributed by atoms with Crippen molar-refractivity contribution in [2.75, 3.05) is 6.61 Å². The van der Waals surface area contributed by atoms with Gasteiger partial charge in [-0.3, -0.25) is 4.98 Å².